The van der Waals surface area contributed by atoms with Gasteiger partial charge < -0.3 is 9.73 Å². The summed E-state index contributed by atoms with van der Waals surface area (Å²) in [5, 5.41) is 11.6. The number of hydrogen-bond acceptors (Lipinski definition) is 4. The van der Waals surface area contributed by atoms with Crippen molar-refractivity contribution in [3.63, 3.8) is 0 Å². The molecule has 4 aromatic rings. The first kappa shape index (κ1) is 17.0. The van der Waals surface area contributed by atoms with Gasteiger partial charge in [0.1, 0.15) is 0 Å². The first-order valence-corrected chi connectivity index (χ1v) is 8.63. The quantitative estimate of drug-likeness (QED) is 0.525. The lowest BCUT2D eigenvalue weighted by atomic mass is 10.1. The first-order chi connectivity index (χ1) is 13.2. The van der Waals surface area contributed by atoms with Crippen LogP contribution in [-0.4, -0.2) is 16.1 Å². The van der Waals surface area contributed by atoms with Gasteiger partial charge in [0.05, 0.1) is 0 Å². The predicted molar refractivity (Wildman–Crippen MR) is 105 cm³/mol. The van der Waals surface area contributed by atoms with E-state index in [1.807, 2.05) is 36.4 Å². The number of nitrogens with zero attached hydrogens (tertiary/aromatic N) is 2. The number of halogens is 1. The summed E-state index contributed by atoms with van der Waals surface area (Å²) in [6.45, 7) is 0. The van der Waals surface area contributed by atoms with Gasteiger partial charge in [0.25, 0.3) is 5.91 Å². The van der Waals surface area contributed by atoms with Gasteiger partial charge in [0, 0.05) is 27.4 Å². The Kier molecular flexibility index (Phi) is 4.68. The Morgan fingerprint density at radius 1 is 0.815 bits per heavy atom. The Morgan fingerprint density at radius 2 is 1.52 bits per heavy atom. The molecule has 0 aliphatic carbocycles. The molecule has 0 aliphatic rings. The van der Waals surface area contributed by atoms with Gasteiger partial charge in [0.15, 0.2) is 0 Å². The lowest BCUT2D eigenvalue weighted by molar-refractivity contribution is 0.102. The molecule has 4 rings (SSSR count). The zero-order valence-electron chi connectivity index (χ0n) is 14.1. The third-order valence-electron chi connectivity index (χ3n) is 3.90. The molecule has 0 atom stereocenters. The molecular weight excluding hydrogens is 362 g/mol. The topological polar surface area (TPSA) is 68.0 Å². The van der Waals surface area contributed by atoms with Crippen LogP contribution in [0.15, 0.2) is 83.3 Å². The number of hydrogen-bond donors (Lipinski definition) is 1. The van der Waals surface area contributed by atoms with Crippen molar-refractivity contribution in [1.29, 1.82) is 0 Å². The van der Waals surface area contributed by atoms with Crippen LogP contribution < -0.4 is 5.32 Å². The monoisotopic (exact) mass is 375 g/mol. The molecule has 1 N–H and O–H groups in total. The minimum Gasteiger partial charge on any atom is -0.416 e. The summed E-state index contributed by atoms with van der Waals surface area (Å²) in [6.07, 6.45) is 0. The predicted octanol–water partition coefficient (Wildman–Crippen LogP) is 5.31. The standard InChI is InChI=1S/C21H14ClN3O2/c22-17-10-5-11-18(13-17)23-19(26)15-8-4-9-16(12-15)21-25-24-20(27-21)14-6-2-1-3-7-14/h1-13H,(H,23,26). The van der Waals surface area contributed by atoms with Crippen LogP contribution in [0.5, 0.6) is 0 Å². The average molecular weight is 376 g/mol. The highest BCUT2D eigenvalue weighted by atomic mass is 35.5. The molecule has 0 aliphatic heterocycles. The molecule has 0 saturated heterocycles. The number of carbonyl (C=O) groups is 1. The van der Waals surface area contributed by atoms with Crippen LogP contribution in [0.3, 0.4) is 0 Å². The molecule has 1 heterocycles. The van der Waals surface area contributed by atoms with Crippen molar-refractivity contribution in [2.75, 3.05) is 5.32 Å². The fourth-order valence-electron chi connectivity index (χ4n) is 2.60. The van der Waals surface area contributed by atoms with Crippen molar-refractivity contribution in [3.8, 4) is 22.9 Å². The summed E-state index contributed by atoms with van der Waals surface area (Å²) < 4.78 is 5.75. The van der Waals surface area contributed by atoms with E-state index >= 15 is 0 Å². The van der Waals surface area contributed by atoms with Gasteiger partial charge in [-0.1, -0.05) is 41.9 Å². The maximum Gasteiger partial charge on any atom is 0.255 e. The van der Waals surface area contributed by atoms with Crippen molar-refractivity contribution < 1.29 is 9.21 Å². The number of nitrogens with one attached hydrogen (secondary N) is 1. The minimum atomic E-state index is -0.248. The Labute approximate surface area is 160 Å². The molecule has 0 saturated carbocycles. The zero-order chi connectivity index (χ0) is 18.6. The van der Waals surface area contributed by atoms with Gasteiger partial charge in [-0.25, -0.2) is 0 Å². The van der Waals surface area contributed by atoms with E-state index in [1.165, 1.54) is 0 Å². The molecule has 6 heteroatoms. The molecule has 0 radical (unpaired) electrons. The molecule has 0 bridgehead atoms. The Morgan fingerprint density at radius 3 is 2.30 bits per heavy atom. The second kappa shape index (κ2) is 7.43. The largest absolute Gasteiger partial charge is 0.416 e. The first-order valence-electron chi connectivity index (χ1n) is 8.25. The molecule has 0 unspecified atom stereocenters. The summed E-state index contributed by atoms with van der Waals surface area (Å²) in [5.74, 6) is 0.535. The number of carbonyl (C=O) groups excluding carboxylic acids is 1. The SMILES string of the molecule is O=C(Nc1cccc(Cl)c1)c1cccc(-c2nnc(-c3ccccc3)o2)c1. The van der Waals surface area contributed by atoms with Gasteiger partial charge in [-0.3, -0.25) is 4.79 Å². The fourth-order valence-corrected chi connectivity index (χ4v) is 2.79. The van der Waals surface area contributed by atoms with E-state index in [9.17, 15) is 4.79 Å². The zero-order valence-corrected chi connectivity index (χ0v) is 14.9. The van der Waals surface area contributed by atoms with Gasteiger partial charge in [-0.05, 0) is 48.5 Å². The van der Waals surface area contributed by atoms with Crippen LogP contribution in [-0.2, 0) is 0 Å². The molecule has 132 valence electrons. The van der Waals surface area contributed by atoms with Crippen molar-refractivity contribution >= 4 is 23.2 Å². The Bertz CT molecular complexity index is 1090. The number of anilines is 1. The second-order valence-electron chi connectivity index (χ2n) is 5.82. The van der Waals surface area contributed by atoms with Crippen molar-refractivity contribution in [3.05, 3.63) is 89.4 Å². The summed E-state index contributed by atoms with van der Waals surface area (Å²) in [7, 11) is 0. The van der Waals surface area contributed by atoms with E-state index in [-0.39, 0.29) is 5.91 Å². The van der Waals surface area contributed by atoms with E-state index in [0.29, 0.717) is 33.6 Å². The van der Waals surface area contributed by atoms with Gasteiger partial charge in [-0.2, -0.15) is 0 Å². The molecule has 5 nitrogen and oxygen atoms in total. The third-order valence-corrected chi connectivity index (χ3v) is 4.14. The molecule has 1 aromatic heterocycles. The summed E-state index contributed by atoms with van der Waals surface area (Å²) >= 11 is 5.95. The summed E-state index contributed by atoms with van der Waals surface area (Å²) in [5.41, 5.74) is 2.61. The molecule has 0 fully saturated rings. The minimum absolute atomic E-state index is 0.248. The smallest absolute Gasteiger partial charge is 0.255 e. The van der Waals surface area contributed by atoms with Crippen LogP contribution in [0, 0.1) is 0 Å². The highest BCUT2D eigenvalue weighted by molar-refractivity contribution is 6.31. The van der Waals surface area contributed by atoms with Gasteiger partial charge in [0.2, 0.25) is 11.8 Å². The summed E-state index contributed by atoms with van der Waals surface area (Å²) in [6, 6.07) is 23.5. The van der Waals surface area contributed by atoms with E-state index in [0.717, 1.165) is 5.56 Å². The maximum atomic E-state index is 12.5. The van der Waals surface area contributed by atoms with Gasteiger partial charge >= 0.3 is 0 Å². The van der Waals surface area contributed by atoms with Crippen LogP contribution in [0.2, 0.25) is 5.02 Å². The molecule has 0 spiro atoms. The van der Waals surface area contributed by atoms with Crippen LogP contribution in [0.4, 0.5) is 5.69 Å². The Hall–Kier alpha value is -3.44. The molecule has 1 amide bonds. The van der Waals surface area contributed by atoms with E-state index in [1.54, 1.807) is 42.5 Å². The highest BCUT2D eigenvalue weighted by Crippen LogP contribution is 2.24. The van der Waals surface area contributed by atoms with Crippen molar-refractivity contribution in [1.82, 2.24) is 10.2 Å². The second-order valence-corrected chi connectivity index (χ2v) is 6.26. The van der Waals surface area contributed by atoms with E-state index < -0.39 is 0 Å². The molecule has 3 aromatic carbocycles. The highest BCUT2D eigenvalue weighted by Gasteiger charge is 2.13. The molecular formula is C21H14ClN3O2. The fraction of sp³-hybridized carbons (Fsp3) is 0. The van der Waals surface area contributed by atoms with E-state index in [2.05, 4.69) is 15.5 Å². The number of aromatic nitrogens is 2. The number of amides is 1. The van der Waals surface area contributed by atoms with Crippen LogP contribution >= 0.6 is 11.6 Å². The van der Waals surface area contributed by atoms with Crippen LogP contribution in [0.1, 0.15) is 10.4 Å². The molecule has 27 heavy (non-hydrogen) atoms. The van der Waals surface area contributed by atoms with Gasteiger partial charge in [-0.15, -0.1) is 10.2 Å². The van der Waals surface area contributed by atoms with E-state index in [4.69, 9.17) is 16.0 Å². The lowest BCUT2D eigenvalue weighted by Crippen LogP contribution is -2.11. The normalized spacial score (nSPS) is 10.6. The summed E-state index contributed by atoms with van der Waals surface area (Å²) in [4.78, 5) is 12.5. The lowest BCUT2D eigenvalue weighted by Gasteiger charge is -2.06. The van der Waals surface area contributed by atoms with Crippen molar-refractivity contribution in [2.45, 2.75) is 0 Å². The van der Waals surface area contributed by atoms with Crippen LogP contribution in [0.25, 0.3) is 22.9 Å². The third kappa shape index (κ3) is 3.88. The average Bonchev–Trinajstić information content (AvgIpc) is 3.19. The number of benzene rings is 3. The Balaban J connectivity index is 1.57. The number of rotatable bonds is 4. The maximum absolute atomic E-state index is 12.5. The van der Waals surface area contributed by atoms with Crippen molar-refractivity contribution in [2.24, 2.45) is 0 Å².